The van der Waals surface area contributed by atoms with Crippen LogP contribution >= 0.6 is 49.7 Å². The maximum atomic E-state index is 13.8. The number of non-ortho nitro benzene ring substituents is 1. The van der Waals surface area contributed by atoms with E-state index in [9.17, 15) is 46.1 Å². The molecule has 6 aliphatic carbocycles. The molecule has 0 saturated heterocycles. The first kappa shape index (κ1) is 86.2. The number of nitro groups is 1. The number of rotatable bonds is 19. The minimum Gasteiger partial charge on any atom is -0.447 e. The summed E-state index contributed by atoms with van der Waals surface area (Å²) in [6.07, 6.45) is 11.6. The van der Waals surface area contributed by atoms with Gasteiger partial charge in [0, 0.05) is 86.1 Å². The molecule has 2 atom stereocenters. The Balaban J connectivity index is 0.000000286. The van der Waals surface area contributed by atoms with Crippen LogP contribution in [0.25, 0.3) is 20.9 Å². The lowest BCUT2D eigenvalue weighted by Gasteiger charge is -2.52. The predicted molar refractivity (Wildman–Crippen MR) is 425 cm³/mol. The number of fused-ring (bicyclic) bond motifs is 6. The number of nitrogens with two attached hydrogens (primary N) is 1. The van der Waals surface area contributed by atoms with Crippen LogP contribution in [0.2, 0.25) is 0 Å². The van der Waals surface area contributed by atoms with Crippen LogP contribution in [-0.2, 0) is 40.4 Å². The van der Waals surface area contributed by atoms with Gasteiger partial charge in [0.1, 0.15) is 5.75 Å². The average molecular weight is 1560 g/mol. The Labute approximate surface area is 639 Å². The molecule has 0 aliphatic heterocycles. The molecule has 0 radical (unpaired) electrons. The van der Waals surface area contributed by atoms with Gasteiger partial charge in [-0.25, -0.2) is 55.4 Å². The fourth-order valence-electron chi connectivity index (χ4n) is 13.4. The molecule has 2 heterocycles. The summed E-state index contributed by atoms with van der Waals surface area (Å²) in [5, 5.41) is 27.4. The average Bonchev–Trinajstić information content (AvgIpc) is 1.74. The molecule has 2 aromatic heterocycles. The van der Waals surface area contributed by atoms with Crippen molar-refractivity contribution in [2.75, 3.05) is 10.6 Å². The molecular formula is C75H103N11O13S6. The number of carbonyl (C=O) groups is 4. The fraction of sp³-hybridized carbons (Fsp3) is 0.467. The number of alkyl carbamates (subject to hydrolysis) is 2. The molecule has 30 heteroatoms. The van der Waals surface area contributed by atoms with Gasteiger partial charge in [-0.1, -0.05) is 80.2 Å². The van der Waals surface area contributed by atoms with E-state index in [1.54, 1.807) is 78.2 Å². The molecule has 4 bridgehead atoms. The van der Waals surface area contributed by atoms with E-state index in [1.165, 1.54) is 64.6 Å². The number of carbonyl (C=O) groups excluding carboxylic acids is 4. The number of hydrogen-bond donors (Lipinski definition) is 8. The SMILES string of the molecule is C.CC(C)OC(=O)NC12CCC(c3ncc(-c4ccc(NC(=O)N[C@@H](C)c5ccccc5)cc4S(=O)(=O)NC(C)(C)C)s3)(CC1)CC2.CC(C)OC(=O)NC12CCC(c3ncc(-c4ccc(NC(=O)Oc5ccc([N+](=O)[O-])cc5)cc4S(=O)(=O)NC(C)(C)C)s3)(CC1)CC2.C[C@H](N)c1ccccc1.S.S. The van der Waals surface area contributed by atoms with E-state index in [2.05, 4.69) is 36.0 Å². The summed E-state index contributed by atoms with van der Waals surface area (Å²) in [6.45, 7) is 21.8. The largest absolute Gasteiger partial charge is 0.447 e. The first-order valence-electron chi connectivity index (χ1n) is 34.3. The van der Waals surface area contributed by atoms with Crippen molar-refractivity contribution in [3.63, 3.8) is 0 Å². The van der Waals surface area contributed by atoms with E-state index in [0.717, 1.165) is 97.5 Å². The summed E-state index contributed by atoms with van der Waals surface area (Å²) in [6, 6.07) is 33.7. The Kier molecular flexibility index (Phi) is 29.0. The number of nitro benzene ring substituents is 1. The van der Waals surface area contributed by atoms with Gasteiger partial charge in [0.15, 0.2) is 0 Å². The third-order valence-electron chi connectivity index (χ3n) is 18.5. The smallest absolute Gasteiger partial charge is 0.417 e. The highest BCUT2D eigenvalue weighted by atomic mass is 32.2. The number of sulfonamides is 2. The summed E-state index contributed by atoms with van der Waals surface area (Å²) in [5.41, 5.74) is 6.83. The van der Waals surface area contributed by atoms with Crippen molar-refractivity contribution in [2.45, 2.75) is 235 Å². The van der Waals surface area contributed by atoms with E-state index >= 15 is 0 Å². The summed E-state index contributed by atoms with van der Waals surface area (Å²) in [5.74, 6) is 0.0810. The molecule has 0 spiro atoms. The zero-order chi connectivity index (χ0) is 74.2. The van der Waals surface area contributed by atoms with Crippen LogP contribution in [0.3, 0.4) is 0 Å². The van der Waals surface area contributed by atoms with Crippen molar-refractivity contribution >= 4 is 111 Å². The third kappa shape index (κ3) is 22.7. The Hall–Kier alpha value is -7.68. The Morgan fingerprint density at radius 2 is 0.924 bits per heavy atom. The molecule has 9 N–H and O–H groups in total. The van der Waals surface area contributed by atoms with Crippen LogP contribution in [0.5, 0.6) is 5.75 Å². The highest BCUT2D eigenvalue weighted by Crippen LogP contribution is 2.57. The lowest BCUT2D eigenvalue weighted by Crippen LogP contribution is -2.58. The molecule has 13 rings (SSSR count). The number of anilines is 2. The molecule has 7 aromatic rings. The number of hydrogen-bond acceptors (Lipinski definition) is 18. The Bertz CT molecular complexity index is 4320. The lowest BCUT2D eigenvalue weighted by molar-refractivity contribution is -0.384. The molecule has 24 nitrogen and oxygen atoms in total. The van der Waals surface area contributed by atoms with Crippen LogP contribution in [-0.4, -0.2) is 90.4 Å². The van der Waals surface area contributed by atoms with Gasteiger partial charge in [-0.3, -0.25) is 15.4 Å². The van der Waals surface area contributed by atoms with Crippen LogP contribution in [0.1, 0.15) is 201 Å². The monoisotopic (exact) mass is 1560 g/mol. The van der Waals surface area contributed by atoms with Crippen LogP contribution in [0, 0.1) is 10.1 Å². The minimum atomic E-state index is -4.06. The predicted octanol–water partition coefficient (Wildman–Crippen LogP) is 16.7. The van der Waals surface area contributed by atoms with Crippen LogP contribution in [0.4, 0.5) is 36.2 Å². The molecule has 6 saturated carbocycles. The second kappa shape index (κ2) is 35.4. The van der Waals surface area contributed by atoms with Gasteiger partial charge in [-0.2, -0.15) is 27.0 Å². The number of thiazole rings is 2. The number of ether oxygens (including phenoxy) is 3. The van der Waals surface area contributed by atoms with E-state index in [0.29, 0.717) is 21.7 Å². The number of amides is 5. The van der Waals surface area contributed by atoms with Crippen LogP contribution in [0.15, 0.2) is 144 Å². The van der Waals surface area contributed by atoms with E-state index < -0.39 is 48.2 Å². The number of nitrogens with one attached hydrogen (secondary N) is 7. The molecule has 6 fully saturated rings. The molecule has 5 amide bonds. The topological polar surface area (TPSA) is 343 Å². The van der Waals surface area contributed by atoms with Crippen molar-refractivity contribution in [2.24, 2.45) is 5.73 Å². The first-order valence-corrected chi connectivity index (χ1v) is 38.9. The molecule has 5 aromatic carbocycles. The molecule has 105 heavy (non-hydrogen) atoms. The van der Waals surface area contributed by atoms with Crippen molar-refractivity contribution in [3.8, 4) is 26.6 Å². The van der Waals surface area contributed by atoms with Gasteiger partial charge < -0.3 is 41.2 Å². The number of nitrogens with zero attached hydrogens (tertiary/aromatic N) is 3. The summed E-state index contributed by atoms with van der Waals surface area (Å²) < 4.78 is 76.3. The summed E-state index contributed by atoms with van der Waals surface area (Å²) in [4.78, 5) is 71.7. The minimum absolute atomic E-state index is 0. The quantitative estimate of drug-likeness (QED) is 0.0275. The first-order chi connectivity index (χ1) is 47.9. The number of aromatic nitrogens is 2. The van der Waals surface area contributed by atoms with Gasteiger partial charge in [-0.05, 0) is 208 Å². The highest BCUT2D eigenvalue weighted by molar-refractivity contribution is 7.90. The summed E-state index contributed by atoms with van der Waals surface area (Å²) >= 11 is 2.98. The zero-order valence-corrected chi connectivity index (χ0v) is 66.1. The fourth-order valence-corrected chi connectivity index (χ4v) is 19.3. The van der Waals surface area contributed by atoms with Crippen LogP contribution < -0.4 is 46.5 Å². The lowest BCUT2D eigenvalue weighted by atomic mass is 9.57. The number of benzene rings is 5. The Morgan fingerprint density at radius 3 is 1.28 bits per heavy atom. The van der Waals surface area contributed by atoms with Crippen molar-refractivity contribution in [3.05, 3.63) is 165 Å². The van der Waals surface area contributed by atoms with Crippen molar-refractivity contribution in [1.29, 1.82) is 0 Å². The second-order valence-electron chi connectivity index (χ2n) is 29.7. The van der Waals surface area contributed by atoms with E-state index in [4.69, 9.17) is 29.9 Å². The normalized spacial score (nSPS) is 20.1. The van der Waals surface area contributed by atoms with Gasteiger partial charge in [0.2, 0.25) is 20.0 Å². The molecule has 572 valence electrons. The van der Waals surface area contributed by atoms with E-state index in [-0.39, 0.29) is 120 Å². The van der Waals surface area contributed by atoms with Gasteiger partial charge in [0.05, 0.1) is 52.7 Å². The Morgan fingerprint density at radius 1 is 0.543 bits per heavy atom. The van der Waals surface area contributed by atoms with Gasteiger partial charge in [0.25, 0.3) is 5.69 Å². The summed E-state index contributed by atoms with van der Waals surface area (Å²) in [7, 11) is -8.04. The second-order valence-corrected chi connectivity index (χ2v) is 35.0. The molecule has 0 unspecified atom stereocenters. The standard InChI is InChI=1S/C34H45N5O5S2.C32H39N5O8S2.C8H11N.CH4.2H2S/c1-22(2)44-31(41)38-34-17-14-33(15-18-34,16-19-34)29-35-21-27(45-29)26-13-12-25(20-28(26)46(42,43)39-32(4,5)6)37-30(40)36-23(3)24-10-8-7-9-11-24;1-20(2)44-29(39)35-32-15-12-31(13-16-32,14-17-32)27-33-19-25(46-27)24-11-6-21(18-26(24)47(42,43)36-30(3,4)5)34-28(38)45-23-9-7-22(8-10-23)37(40)41;1-7(9)8-5-3-2-4-6-8;;;/h7-13,20-23,39H,14-19H2,1-6H3,(H,38,41)(H2,36,37,40);6-11,18-20,36H,12-17H2,1-5H3,(H,34,38)(H,35,39);2-7H,9H2,1H3;1H4;2*1H2/t23-,33?,34?;;7-;;;/m0.0.../s1. The van der Waals surface area contributed by atoms with Gasteiger partial charge in [-0.15, -0.1) is 22.7 Å². The third-order valence-corrected chi connectivity index (χ3v) is 24.7. The maximum absolute atomic E-state index is 13.8. The highest BCUT2D eigenvalue weighted by Gasteiger charge is 2.53. The molecule has 6 aliphatic rings. The van der Waals surface area contributed by atoms with Crippen molar-refractivity contribution < 1.29 is 55.1 Å². The van der Waals surface area contributed by atoms with Gasteiger partial charge >= 0.3 is 24.3 Å². The maximum Gasteiger partial charge on any atom is 0.417 e. The number of urea groups is 1. The van der Waals surface area contributed by atoms with Crippen molar-refractivity contribution in [1.82, 2.24) is 35.4 Å². The molecular weight excluding hydrogens is 1460 g/mol. The van der Waals surface area contributed by atoms with E-state index in [1.807, 2.05) is 102 Å². The zero-order valence-electron chi connectivity index (χ0n) is 60.9.